The highest BCUT2D eigenvalue weighted by Crippen LogP contribution is 2.41. The largest absolute Gasteiger partial charge is 0.250 e. The second-order valence-electron chi connectivity index (χ2n) is 3.37. The Kier molecular flexibility index (Phi) is 3.41. The van der Waals surface area contributed by atoms with Crippen LogP contribution in [0.5, 0.6) is 0 Å². The van der Waals surface area contributed by atoms with Crippen molar-refractivity contribution >= 4 is 46.1 Å². The van der Waals surface area contributed by atoms with Crippen molar-refractivity contribution in [2.75, 3.05) is 0 Å². The van der Waals surface area contributed by atoms with Gasteiger partial charge in [0.1, 0.15) is 0 Å². The van der Waals surface area contributed by atoms with Crippen molar-refractivity contribution in [3.63, 3.8) is 0 Å². The van der Waals surface area contributed by atoms with Crippen LogP contribution in [-0.4, -0.2) is 9.86 Å². The molecule has 15 heavy (non-hydrogen) atoms. The van der Waals surface area contributed by atoms with Crippen molar-refractivity contribution in [3.05, 3.63) is 38.8 Å². The SMILES string of the molecule is ClC1=CC=C(Cl)C(Cl)(Cc2nccs2)C1. The van der Waals surface area contributed by atoms with Crippen LogP contribution < -0.4 is 0 Å². The molecule has 1 aliphatic carbocycles. The smallest absolute Gasteiger partial charge is 0.0946 e. The average molecular weight is 281 g/mol. The van der Waals surface area contributed by atoms with Gasteiger partial charge in [0.25, 0.3) is 0 Å². The van der Waals surface area contributed by atoms with Gasteiger partial charge in [-0.3, -0.25) is 0 Å². The first kappa shape index (κ1) is 11.5. The lowest BCUT2D eigenvalue weighted by molar-refractivity contribution is 0.675. The van der Waals surface area contributed by atoms with Gasteiger partial charge in [0.2, 0.25) is 0 Å². The molecular formula is C10H8Cl3NS. The summed E-state index contributed by atoms with van der Waals surface area (Å²) in [7, 11) is 0. The summed E-state index contributed by atoms with van der Waals surface area (Å²) in [4.78, 5) is 3.58. The maximum absolute atomic E-state index is 6.45. The highest BCUT2D eigenvalue weighted by Gasteiger charge is 2.34. The summed E-state index contributed by atoms with van der Waals surface area (Å²) in [5.74, 6) is 0. The van der Waals surface area contributed by atoms with E-state index in [1.165, 1.54) is 0 Å². The first-order valence-corrected chi connectivity index (χ1v) is 6.41. The van der Waals surface area contributed by atoms with Crippen molar-refractivity contribution in [2.24, 2.45) is 0 Å². The standard InChI is InChI=1S/C10H8Cl3NS/c11-7-1-2-8(12)10(13,5-7)6-9-14-3-4-15-9/h1-4H,5-6H2. The number of allylic oxidation sites excluding steroid dienone is 4. The normalized spacial score (nSPS) is 26.1. The molecule has 80 valence electrons. The first-order chi connectivity index (χ1) is 7.10. The minimum Gasteiger partial charge on any atom is -0.250 e. The van der Waals surface area contributed by atoms with E-state index in [1.807, 2.05) is 5.38 Å². The van der Waals surface area contributed by atoms with E-state index in [9.17, 15) is 0 Å². The number of halogens is 3. The number of aromatic nitrogens is 1. The van der Waals surface area contributed by atoms with Crippen LogP contribution >= 0.6 is 46.1 Å². The van der Waals surface area contributed by atoms with Crippen LogP contribution in [0.15, 0.2) is 33.8 Å². The summed E-state index contributed by atoms with van der Waals surface area (Å²) in [6, 6.07) is 0. The van der Waals surface area contributed by atoms with E-state index in [0.29, 0.717) is 17.9 Å². The van der Waals surface area contributed by atoms with E-state index in [4.69, 9.17) is 34.8 Å². The van der Waals surface area contributed by atoms with Crippen molar-refractivity contribution in [1.29, 1.82) is 0 Å². The average Bonchev–Trinajstić information content (AvgIpc) is 2.64. The molecule has 1 aromatic heterocycles. The fraction of sp³-hybridized carbons (Fsp3) is 0.300. The third-order valence-corrected chi connectivity index (χ3v) is 4.30. The van der Waals surface area contributed by atoms with E-state index in [1.54, 1.807) is 29.7 Å². The molecule has 0 aliphatic heterocycles. The van der Waals surface area contributed by atoms with Crippen molar-refractivity contribution in [2.45, 2.75) is 17.7 Å². The van der Waals surface area contributed by atoms with Crippen LogP contribution in [-0.2, 0) is 6.42 Å². The highest BCUT2D eigenvalue weighted by atomic mass is 35.5. The minimum atomic E-state index is -0.620. The number of thiazole rings is 1. The lowest BCUT2D eigenvalue weighted by Gasteiger charge is -2.27. The summed E-state index contributed by atoms with van der Waals surface area (Å²) in [6.07, 6.45) is 6.48. The Balaban J connectivity index is 2.21. The van der Waals surface area contributed by atoms with Crippen molar-refractivity contribution in [3.8, 4) is 0 Å². The van der Waals surface area contributed by atoms with Gasteiger partial charge in [0.15, 0.2) is 0 Å². The zero-order valence-corrected chi connectivity index (χ0v) is 10.8. The molecule has 1 aliphatic rings. The Labute approximate surface area is 107 Å². The van der Waals surface area contributed by atoms with Gasteiger partial charge in [0.05, 0.1) is 9.88 Å². The van der Waals surface area contributed by atoms with Crippen LogP contribution in [0, 0.1) is 0 Å². The molecule has 0 fully saturated rings. The van der Waals surface area contributed by atoms with Gasteiger partial charge in [-0.25, -0.2) is 4.98 Å². The maximum Gasteiger partial charge on any atom is 0.0946 e. The van der Waals surface area contributed by atoms with Gasteiger partial charge >= 0.3 is 0 Å². The lowest BCUT2D eigenvalue weighted by Crippen LogP contribution is -2.27. The number of rotatable bonds is 2. The molecule has 0 bridgehead atoms. The third kappa shape index (κ3) is 2.56. The predicted octanol–water partition coefficient (Wildman–Crippen LogP) is 4.31. The van der Waals surface area contributed by atoms with Crippen LogP contribution in [0.4, 0.5) is 0 Å². The molecule has 0 N–H and O–H groups in total. The van der Waals surface area contributed by atoms with Crippen LogP contribution in [0.25, 0.3) is 0 Å². The minimum absolute atomic E-state index is 0.561. The summed E-state index contributed by atoms with van der Waals surface area (Å²) >= 11 is 20.1. The fourth-order valence-corrected chi connectivity index (χ4v) is 3.15. The van der Waals surface area contributed by atoms with E-state index in [0.717, 1.165) is 10.0 Å². The summed E-state index contributed by atoms with van der Waals surface area (Å²) < 4.78 is 0. The predicted molar refractivity (Wildman–Crippen MR) is 66.9 cm³/mol. The molecule has 1 unspecified atom stereocenters. The van der Waals surface area contributed by atoms with Crippen LogP contribution in [0.2, 0.25) is 0 Å². The van der Waals surface area contributed by atoms with Crippen LogP contribution in [0.3, 0.4) is 0 Å². The molecule has 2 rings (SSSR count). The fourth-order valence-electron chi connectivity index (χ4n) is 1.45. The molecule has 1 aromatic rings. The van der Waals surface area contributed by atoms with Gasteiger partial charge in [-0.05, 0) is 12.2 Å². The van der Waals surface area contributed by atoms with E-state index >= 15 is 0 Å². The van der Waals surface area contributed by atoms with Gasteiger partial charge in [-0.2, -0.15) is 0 Å². The first-order valence-electron chi connectivity index (χ1n) is 4.40. The molecule has 0 aromatic carbocycles. The van der Waals surface area contributed by atoms with E-state index < -0.39 is 4.87 Å². The molecule has 1 nitrogen and oxygen atoms in total. The molecule has 0 amide bonds. The van der Waals surface area contributed by atoms with Gasteiger partial charge in [-0.1, -0.05) is 23.2 Å². The van der Waals surface area contributed by atoms with Gasteiger partial charge in [0, 0.05) is 34.5 Å². The van der Waals surface area contributed by atoms with E-state index in [2.05, 4.69) is 4.98 Å². The zero-order valence-electron chi connectivity index (χ0n) is 7.71. The zero-order chi connectivity index (χ0) is 10.9. The molecule has 0 radical (unpaired) electrons. The highest BCUT2D eigenvalue weighted by molar-refractivity contribution is 7.09. The van der Waals surface area contributed by atoms with E-state index in [-0.39, 0.29) is 0 Å². The topological polar surface area (TPSA) is 12.9 Å². The van der Waals surface area contributed by atoms with Crippen LogP contribution in [0.1, 0.15) is 11.4 Å². The van der Waals surface area contributed by atoms with Gasteiger partial charge in [-0.15, -0.1) is 22.9 Å². The molecular weight excluding hydrogens is 273 g/mol. The second kappa shape index (κ2) is 4.46. The van der Waals surface area contributed by atoms with Crippen molar-refractivity contribution in [1.82, 2.24) is 4.98 Å². The van der Waals surface area contributed by atoms with Gasteiger partial charge < -0.3 is 0 Å². The Morgan fingerprint density at radius 1 is 1.40 bits per heavy atom. The number of nitrogens with zero attached hydrogens (tertiary/aromatic N) is 1. The number of alkyl halides is 1. The molecule has 0 saturated heterocycles. The molecule has 5 heteroatoms. The summed E-state index contributed by atoms with van der Waals surface area (Å²) in [6.45, 7) is 0. The lowest BCUT2D eigenvalue weighted by atomic mass is 9.96. The van der Waals surface area contributed by atoms with Crippen molar-refractivity contribution < 1.29 is 0 Å². The number of hydrogen-bond donors (Lipinski definition) is 0. The molecule has 1 heterocycles. The Bertz CT molecular complexity index is 410. The summed E-state index contributed by atoms with van der Waals surface area (Å²) in [5.41, 5.74) is 0. The molecule has 0 spiro atoms. The third-order valence-electron chi connectivity index (χ3n) is 2.20. The molecule has 0 saturated carbocycles. The number of hydrogen-bond acceptors (Lipinski definition) is 2. The second-order valence-corrected chi connectivity index (χ2v) is 5.97. The Hall–Kier alpha value is -0.0200. The maximum atomic E-state index is 6.45. The Morgan fingerprint density at radius 2 is 2.20 bits per heavy atom. The Morgan fingerprint density at radius 3 is 2.87 bits per heavy atom. The molecule has 1 atom stereocenters. The quantitative estimate of drug-likeness (QED) is 0.736. The summed E-state index contributed by atoms with van der Waals surface area (Å²) in [5, 5.41) is 4.26. The monoisotopic (exact) mass is 279 g/mol.